The van der Waals surface area contributed by atoms with Crippen molar-refractivity contribution in [1.82, 2.24) is 9.78 Å². The van der Waals surface area contributed by atoms with Gasteiger partial charge in [-0.3, -0.25) is 9.89 Å². The first kappa shape index (κ1) is 10.7. The third-order valence-electron chi connectivity index (χ3n) is 2.62. The lowest BCUT2D eigenvalue weighted by atomic mass is 10.2. The van der Waals surface area contributed by atoms with Crippen LogP contribution in [0.3, 0.4) is 0 Å². The highest BCUT2D eigenvalue weighted by Gasteiger charge is 2.08. The van der Waals surface area contributed by atoms with E-state index in [1.807, 2.05) is 31.2 Å². The number of rotatable bonds is 3. The molecule has 0 fully saturated rings. The third kappa shape index (κ3) is 1.79. The molecule has 0 radical (unpaired) electrons. The Bertz CT molecular complexity index is 539. The zero-order valence-electron chi connectivity index (χ0n) is 9.23. The van der Waals surface area contributed by atoms with Crippen LogP contribution in [-0.4, -0.2) is 16.3 Å². The van der Waals surface area contributed by atoms with E-state index in [1.165, 1.54) is 0 Å². The van der Waals surface area contributed by atoms with Crippen LogP contribution >= 0.6 is 0 Å². The van der Waals surface area contributed by atoms with E-state index in [1.54, 1.807) is 10.9 Å². The van der Waals surface area contributed by atoms with Crippen molar-refractivity contribution >= 4 is 0 Å². The van der Waals surface area contributed by atoms with Gasteiger partial charge in [0.25, 0.3) is 5.56 Å². The van der Waals surface area contributed by atoms with Crippen LogP contribution < -0.4 is 11.3 Å². The molecule has 4 nitrogen and oxygen atoms in total. The molecule has 16 heavy (non-hydrogen) atoms. The Kier molecular flexibility index (Phi) is 2.92. The van der Waals surface area contributed by atoms with Crippen LogP contribution in [-0.2, 0) is 6.42 Å². The van der Waals surface area contributed by atoms with Crippen molar-refractivity contribution in [3.05, 3.63) is 51.9 Å². The monoisotopic (exact) mass is 217 g/mol. The van der Waals surface area contributed by atoms with Crippen LogP contribution in [0.2, 0.25) is 0 Å². The van der Waals surface area contributed by atoms with Crippen LogP contribution in [0.1, 0.15) is 11.1 Å². The molecule has 0 saturated carbocycles. The molecule has 4 heteroatoms. The molecule has 0 bridgehead atoms. The number of aromatic nitrogens is 2. The van der Waals surface area contributed by atoms with E-state index in [0.717, 1.165) is 16.8 Å². The molecule has 1 aromatic heterocycles. The summed E-state index contributed by atoms with van der Waals surface area (Å²) in [6.45, 7) is 2.46. The molecule has 0 aliphatic rings. The lowest BCUT2D eigenvalue weighted by Crippen LogP contribution is -2.19. The highest BCUT2D eigenvalue weighted by Crippen LogP contribution is 2.10. The first-order chi connectivity index (χ1) is 7.74. The number of nitrogens with zero attached hydrogens (tertiary/aromatic N) is 1. The van der Waals surface area contributed by atoms with Gasteiger partial charge in [-0.1, -0.05) is 18.2 Å². The Hall–Kier alpha value is -1.81. The topological polar surface area (TPSA) is 63.8 Å². The number of aryl methyl sites for hydroxylation is 1. The average Bonchev–Trinajstić information content (AvgIpc) is 2.62. The second kappa shape index (κ2) is 4.37. The fraction of sp³-hybridized carbons (Fsp3) is 0.250. The molecule has 1 aromatic carbocycles. The summed E-state index contributed by atoms with van der Waals surface area (Å²) in [5.74, 6) is 0. The lowest BCUT2D eigenvalue weighted by molar-refractivity contribution is 0.837. The standard InChI is InChI=1S/C12H15N3O/c1-9-4-2-3-5-11(9)15-12(16)10(6-7-13)8-14-15/h2-5,8,14H,6-7,13H2,1H3. The minimum absolute atomic E-state index is 0.0141. The molecule has 2 rings (SSSR count). The maximum absolute atomic E-state index is 12.0. The number of H-pyrrole nitrogens is 1. The van der Waals surface area contributed by atoms with E-state index in [4.69, 9.17) is 5.73 Å². The summed E-state index contributed by atoms with van der Waals surface area (Å²) < 4.78 is 1.56. The molecule has 84 valence electrons. The fourth-order valence-corrected chi connectivity index (χ4v) is 1.73. The van der Waals surface area contributed by atoms with Crippen molar-refractivity contribution in [1.29, 1.82) is 0 Å². The Labute approximate surface area is 93.7 Å². The number of hydrogen-bond donors (Lipinski definition) is 2. The second-order valence-corrected chi connectivity index (χ2v) is 3.76. The summed E-state index contributed by atoms with van der Waals surface area (Å²) in [6, 6.07) is 7.76. The molecule has 0 aliphatic heterocycles. The Morgan fingerprint density at radius 2 is 2.12 bits per heavy atom. The maximum atomic E-state index is 12.0. The summed E-state index contributed by atoms with van der Waals surface area (Å²) >= 11 is 0. The van der Waals surface area contributed by atoms with Crippen LogP contribution in [0, 0.1) is 6.92 Å². The van der Waals surface area contributed by atoms with Crippen molar-refractivity contribution in [3.63, 3.8) is 0 Å². The minimum Gasteiger partial charge on any atom is -0.330 e. The smallest absolute Gasteiger partial charge is 0.274 e. The fourth-order valence-electron chi connectivity index (χ4n) is 1.73. The van der Waals surface area contributed by atoms with Gasteiger partial charge in [0.05, 0.1) is 5.69 Å². The van der Waals surface area contributed by atoms with Crippen LogP contribution in [0.25, 0.3) is 5.69 Å². The van der Waals surface area contributed by atoms with E-state index in [2.05, 4.69) is 5.10 Å². The molecule has 0 aliphatic carbocycles. The maximum Gasteiger partial charge on any atom is 0.274 e. The van der Waals surface area contributed by atoms with Gasteiger partial charge < -0.3 is 5.73 Å². The molecule has 0 atom stereocenters. The first-order valence-corrected chi connectivity index (χ1v) is 5.29. The SMILES string of the molecule is Cc1ccccc1-n1[nH]cc(CCN)c1=O. The van der Waals surface area contributed by atoms with E-state index < -0.39 is 0 Å². The van der Waals surface area contributed by atoms with E-state index in [0.29, 0.717) is 13.0 Å². The Morgan fingerprint density at radius 1 is 1.38 bits per heavy atom. The number of para-hydroxylation sites is 1. The molecule has 0 amide bonds. The van der Waals surface area contributed by atoms with Gasteiger partial charge in [-0.2, -0.15) is 0 Å². The minimum atomic E-state index is -0.0141. The van der Waals surface area contributed by atoms with Gasteiger partial charge in [-0.05, 0) is 31.5 Å². The molecular weight excluding hydrogens is 202 g/mol. The van der Waals surface area contributed by atoms with Crippen LogP contribution in [0.5, 0.6) is 0 Å². The van der Waals surface area contributed by atoms with Crippen LogP contribution in [0.4, 0.5) is 0 Å². The third-order valence-corrected chi connectivity index (χ3v) is 2.62. The number of benzene rings is 1. The van der Waals surface area contributed by atoms with Gasteiger partial charge in [0, 0.05) is 11.8 Å². The predicted octanol–water partition coefficient (Wildman–Crippen LogP) is 0.975. The van der Waals surface area contributed by atoms with Gasteiger partial charge in [-0.15, -0.1) is 0 Å². The largest absolute Gasteiger partial charge is 0.330 e. The van der Waals surface area contributed by atoms with E-state index in [9.17, 15) is 4.79 Å². The summed E-state index contributed by atoms with van der Waals surface area (Å²) in [5.41, 5.74) is 8.10. The van der Waals surface area contributed by atoms with Gasteiger partial charge in [-0.25, -0.2) is 4.68 Å². The molecule has 0 saturated heterocycles. The van der Waals surface area contributed by atoms with Crippen molar-refractivity contribution < 1.29 is 0 Å². The summed E-state index contributed by atoms with van der Waals surface area (Å²) in [4.78, 5) is 12.0. The lowest BCUT2D eigenvalue weighted by Gasteiger charge is -2.04. The normalized spacial score (nSPS) is 10.6. The first-order valence-electron chi connectivity index (χ1n) is 5.29. The van der Waals surface area contributed by atoms with Gasteiger partial charge in [0.15, 0.2) is 0 Å². The average molecular weight is 217 g/mol. The number of aromatic amines is 1. The van der Waals surface area contributed by atoms with Gasteiger partial charge in [0.1, 0.15) is 0 Å². The van der Waals surface area contributed by atoms with Gasteiger partial charge in [0.2, 0.25) is 0 Å². The highest BCUT2D eigenvalue weighted by atomic mass is 16.1. The Balaban J connectivity index is 2.50. The van der Waals surface area contributed by atoms with Crippen molar-refractivity contribution in [3.8, 4) is 5.69 Å². The summed E-state index contributed by atoms with van der Waals surface area (Å²) in [5, 5.41) is 2.96. The van der Waals surface area contributed by atoms with Crippen molar-refractivity contribution in [2.24, 2.45) is 5.73 Å². The quantitative estimate of drug-likeness (QED) is 0.804. The zero-order valence-corrected chi connectivity index (χ0v) is 9.23. The van der Waals surface area contributed by atoms with E-state index in [-0.39, 0.29) is 5.56 Å². The molecule has 2 aromatic rings. The number of hydrogen-bond acceptors (Lipinski definition) is 2. The molecule has 3 N–H and O–H groups in total. The van der Waals surface area contributed by atoms with Crippen molar-refractivity contribution in [2.45, 2.75) is 13.3 Å². The number of nitrogens with two attached hydrogens (primary N) is 1. The highest BCUT2D eigenvalue weighted by molar-refractivity contribution is 5.39. The van der Waals surface area contributed by atoms with Crippen molar-refractivity contribution in [2.75, 3.05) is 6.54 Å². The molecule has 0 spiro atoms. The molecular formula is C12H15N3O. The summed E-state index contributed by atoms with van der Waals surface area (Å²) in [6.07, 6.45) is 2.33. The number of nitrogens with one attached hydrogen (secondary N) is 1. The Morgan fingerprint density at radius 3 is 2.81 bits per heavy atom. The predicted molar refractivity (Wildman–Crippen MR) is 63.9 cm³/mol. The van der Waals surface area contributed by atoms with E-state index >= 15 is 0 Å². The zero-order chi connectivity index (χ0) is 11.5. The van der Waals surface area contributed by atoms with Crippen LogP contribution in [0.15, 0.2) is 35.3 Å². The molecule has 0 unspecified atom stereocenters. The summed E-state index contributed by atoms with van der Waals surface area (Å²) in [7, 11) is 0. The van der Waals surface area contributed by atoms with Gasteiger partial charge >= 0.3 is 0 Å². The molecule has 1 heterocycles. The second-order valence-electron chi connectivity index (χ2n) is 3.76.